The summed E-state index contributed by atoms with van der Waals surface area (Å²) in [6.07, 6.45) is 1.88. The van der Waals surface area contributed by atoms with Crippen molar-refractivity contribution in [3.05, 3.63) is 59.7 Å². The van der Waals surface area contributed by atoms with E-state index < -0.39 is 0 Å². The molecule has 0 atom stereocenters. The van der Waals surface area contributed by atoms with Gasteiger partial charge in [0.2, 0.25) is 5.75 Å². The monoisotopic (exact) mass is 342 g/mol. The molecule has 0 radical (unpaired) electrons. The summed E-state index contributed by atoms with van der Waals surface area (Å²) in [5, 5.41) is 0. The van der Waals surface area contributed by atoms with Gasteiger partial charge in [0, 0.05) is 5.56 Å². The Morgan fingerprint density at radius 1 is 0.880 bits per heavy atom. The van der Waals surface area contributed by atoms with Crippen molar-refractivity contribution in [2.75, 3.05) is 21.3 Å². The lowest BCUT2D eigenvalue weighted by Gasteiger charge is -2.15. The van der Waals surface area contributed by atoms with Crippen LogP contribution in [0.2, 0.25) is 0 Å². The SMILES string of the molecule is CC=C(NNC(=O)c1cc(OC)c(OC)c(OC)c1)c1ccccc1. The highest BCUT2D eigenvalue weighted by Gasteiger charge is 2.17. The van der Waals surface area contributed by atoms with Crippen molar-refractivity contribution in [1.29, 1.82) is 0 Å². The molecule has 0 aromatic heterocycles. The summed E-state index contributed by atoms with van der Waals surface area (Å²) in [5.41, 5.74) is 7.76. The number of allylic oxidation sites excluding steroid dienone is 1. The molecule has 25 heavy (non-hydrogen) atoms. The Kier molecular flexibility index (Phi) is 6.28. The third-order valence-corrected chi connectivity index (χ3v) is 3.61. The number of nitrogens with one attached hydrogen (secondary N) is 2. The van der Waals surface area contributed by atoms with Crippen LogP contribution < -0.4 is 25.1 Å². The molecule has 1 amide bonds. The van der Waals surface area contributed by atoms with Crippen LogP contribution >= 0.6 is 0 Å². The van der Waals surface area contributed by atoms with Crippen LogP contribution in [0.1, 0.15) is 22.8 Å². The summed E-state index contributed by atoms with van der Waals surface area (Å²) in [6, 6.07) is 12.9. The van der Waals surface area contributed by atoms with Crippen molar-refractivity contribution in [2.24, 2.45) is 0 Å². The van der Waals surface area contributed by atoms with E-state index in [0.717, 1.165) is 11.3 Å². The molecule has 132 valence electrons. The number of methoxy groups -OCH3 is 3. The fourth-order valence-corrected chi connectivity index (χ4v) is 2.34. The van der Waals surface area contributed by atoms with Crippen molar-refractivity contribution in [2.45, 2.75) is 6.92 Å². The highest BCUT2D eigenvalue weighted by atomic mass is 16.5. The Morgan fingerprint density at radius 2 is 1.48 bits per heavy atom. The number of hydrogen-bond donors (Lipinski definition) is 2. The van der Waals surface area contributed by atoms with E-state index in [4.69, 9.17) is 14.2 Å². The van der Waals surface area contributed by atoms with E-state index in [1.165, 1.54) is 21.3 Å². The molecule has 0 spiro atoms. The van der Waals surface area contributed by atoms with Crippen LogP contribution in [0.15, 0.2) is 48.5 Å². The number of benzene rings is 2. The number of carbonyl (C=O) groups excluding carboxylic acids is 1. The highest BCUT2D eigenvalue weighted by molar-refractivity contribution is 5.95. The predicted molar refractivity (Wildman–Crippen MR) is 96.8 cm³/mol. The molecule has 0 saturated heterocycles. The largest absolute Gasteiger partial charge is 0.493 e. The Bertz CT molecular complexity index is 732. The van der Waals surface area contributed by atoms with Gasteiger partial charge in [-0.15, -0.1) is 0 Å². The zero-order chi connectivity index (χ0) is 18.2. The van der Waals surface area contributed by atoms with Gasteiger partial charge in [0.25, 0.3) is 5.91 Å². The van der Waals surface area contributed by atoms with Gasteiger partial charge in [-0.3, -0.25) is 15.6 Å². The molecule has 0 bridgehead atoms. The zero-order valence-corrected chi connectivity index (χ0v) is 14.8. The first-order valence-corrected chi connectivity index (χ1v) is 7.72. The summed E-state index contributed by atoms with van der Waals surface area (Å²) >= 11 is 0. The lowest BCUT2D eigenvalue weighted by molar-refractivity contribution is 0.0941. The molecule has 0 aliphatic heterocycles. The summed E-state index contributed by atoms with van der Waals surface area (Å²) in [4.78, 5) is 12.5. The molecule has 6 heteroatoms. The molecular weight excluding hydrogens is 320 g/mol. The minimum Gasteiger partial charge on any atom is -0.493 e. The van der Waals surface area contributed by atoms with Crippen LogP contribution in [0.4, 0.5) is 0 Å². The van der Waals surface area contributed by atoms with E-state index in [9.17, 15) is 4.79 Å². The number of rotatable bonds is 7. The second kappa shape index (κ2) is 8.63. The van der Waals surface area contributed by atoms with Gasteiger partial charge in [0.1, 0.15) is 0 Å². The van der Waals surface area contributed by atoms with E-state index in [2.05, 4.69) is 10.9 Å². The van der Waals surface area contributed by atoms with Gasteiger partial charge in [-0.1, -0.05) is 36.4 Å². The van der Waals surface area contributed by atoms with Gasteiger partial charge in [0.05, 0.1) is 27.0 Å². The number of ether oxygens (including phenoxy) is 3. The minimum absolute atomic E-state index is 0.325. The van der Waals surface area contributed by atoms with Gasteiger partial charge in [-0.25, -0.2) is 0 Å². The first kappa shape index (κ1) is 18.2. The average molecular weight is 342 g/mol. The normalized spacial score (nSPS) is 10.8. The Hall–Kier alpha value is -3.15. The fourth-order valence-electron chi connectivity index (χ4n) is 2.34. The molecule has 6 nitrogen and oxygen atoms in total. The highest BCUT2D eigenvalue weighted by Crippen LogP contribution is 2.38. The summed E-state index contributed by atoms with van der Waals surface area (Å²) in [5.74, 6) is 0.949. The zero-order valence-electron chi connectivity index (χ0n) is 14.8. The van der Waals surface area contributed by atoms with E-state index in [-0.39, 0.29) is 5.91 Å². The second-order valence-corrected chi connectivity index (χ2v) is 5.06. The molecular formula is C19H22N2O4. The van der Waals surface area contributed by atoms with E-state index in [1.807, 2.05) is 43.3 Å². The first-order chi connectivity index (χ1) is 12.1. The smallest absolute Gasteiger partial charge is 0.269 e. The minimum atomic E-state index is -0.325. The van der Waals surface area contributed by atoms with Crippen LogP contribution in [0, 0.1) is 0 Å². The number of hydrogen-bond acceptors (Lipinski definition) is 5. The number of hydrazine groups is 1. The average Bonchev–Trinajstić information content (AvgIpc) is 2.67. The standard InChI is InChI=1S/C19H22N2O4/c1-5-15(13-9-7-6-8-10-13)20-21-19(22)14-11-16(23-2)18(25-4)17(12-14)24-3/h5-12,20H,1-4H3,(H,21,22). The molecule has 0 fully saturated rings. The van der Waals surface area contributed by atoms with Crippen LogP contribution in [-0.4, -0.2) is 27.2 Å². The Balaban J connectivity index is 2.18. The predicted octanol–water partition coefficient (Wildman–Crippen LogP) is 3.01. The van der Waals surface area contributed by atoms with Crippen molar-refractivity contribution < 1.29 is 19.0 Å². The molecule has 2 N–H and O–H groups in total. The van der Waals surface area contributed by atoms with Gasteiger partial charge < -0.3 is 14.2 Å². The second-order valence-electron chi connectivity index (χ2n) is 5.06. The van der Waals surface area contributed by atoms with Gasteiger partial charge in [0.15, 0.2) is 11.5 Å². The molecule has 0 heterocycles. The summed E-state index contributed by atoms with van der Waals surface area (Å²) < 4.78 is 15.8. The van der Waals surface area contributed by atoms with E-state index in [1.54, 1.807) is 12.1 Å². The lowest BCUT2D eigenvalue weighted by Crippen LogP contribution is -2.36. The van der Waals surface area contributed by atoms with Crippen LogP contribution in [0.25, 0.3) is 5.70 Å². The maximum atomic E-state index is 12.5. The molecule has 2 aromatic carbocycles. The summed E-state index contributed by atoms with van der Waals surface area (Å²) in [7, 11) is 4.52. The van der Waals surface area contributed by atoms with Crippen LogP contribution in [0.5, 0.6) is 17.2 Å². The van der Waals surface area contributed by atoms with E-state index >= 15 is 0 Å². The Morgan fingerprint density at radius 3 is 1.96 bits per heavy atom. The first-order valence-electron chi connectivity index (χ1n) is 7.72. The maximum absolute atomic E-state index is 12.5. The molecule has 2 aromatic rings. The van der Waals surface area contributed by atoms with Gasteiger partial charge in [-0.05, 0) is 24.6 Å². The third-order valence-electron chi connectivity index (χ3n) is 3.61. The topological polar surface area (TPSA) is 68.8 Å². The quantitative estimate of drug-likeness (QED) is 0.757. The lowest BCUT2D eigenvalue weighted by atomic mass is 10.1. The molecule has 0 aliphatic carbocycles. The number of carbonyl (C=O) groups is 1. The van der Waals surface area contributed by atoms with Crippen molar-refractivity contribution in [3.63, 3.8) is 0 Å². The van der Waals surface area contributed by atoms with Crippen LogP contribution in [-0.2, 0) is 0 Å². The van der Waals surface area contributed by atoms with Gasteiger partial charge in [-0.2, -0.15) is 0 Å². The van der Waals surface area contributed by atoms with Crippen molar-refractivity contribution in [1.82, 2.24) is 10.9 Å². The number of amides is 1. The van der Waals surface area contributed by atoms with Crippen molar-refractivity contribution in [3.8, 4) is 17.2 Å². The fraction of sp³-hybridized carbons (Fsp3) is 0.211. The molecule has 2 rings (SSSR count). The third kappa shape index (κ3) is 4.23. The molecule has 0 aliphatic rings. The van der Waals surface area contributed by atoms with Crippen LogP contribution in [0.3, 0.4) is 0 Å². The molecule has 0 saturated carbocycles. The molecule has 0 unspecified atom stereocenters. The Labute approximate surface area is 147 Å². The van der Waals surface area contributed by atoms with E-state index in [0.29, 0.717) is 22.8 Å². The van der Waals surface area contributed by atoms with Crippen molar-refractivity contribution >= 4 is 11.6 Å². The van der Waals surface area contributed by atoms with Gasteiger partial charge >= 0.3 is 0 Å². The maximum Gasteiger partial charge on any atom is 0.269 e. The summed E-state index contributed by atoms with van der Waals surface area (Å²) in [6.45, 7) is 1.89.